The van der Waals surface area contributed by atoms with Gasteiger partial charge in [0.05, 0.1) is 5.39 Å². The van der Waals surface area contributed by atoms with E-state index in [4.69, 9.17) is 11.6 Å². The maximum atomic E-state index is 5.88. The molecule has 5 heteroatoms. The zero-order chi connectivity index (χ0) is 11.0. The molecule has 0 radical (unpaired) electrons. The summed E-state index contributed by atoms with van der Waals surface area (Å²) in [4.78, 5) is 11.4. The molecule has 0 saturated heterocycles. The molecule has 0 aliphatic heterocycles. The van der Waals surface area contributed by atoms with Crippen molar-refractivity contribution in [1.29, 1.82) is 0 Å². The monoisotopic (exact) mass is 236 g/mol. The van der Waals surface area contributed by atoms with E-state index in [2.05, 4.69) is 20.3 Å². The van der Waals surface area contributed by atoms with Gasteiger partial charge in [0.25, 0.3) is 0 Å². The number of halogens is 1. The van der Waals surface area contributed by atoms with E-state index in [0.717, 1.165) is 16.9 Å². The van der Waals surface area contributed by atoms with Crippen LogP contribution in [0.4, 0.5) is 5.82 Å². The molecule has 2 aromatic rings. The van der Waals surface area contributed by atoms with Crippen LogP contribution in [0.2, 0.25) is 5.28 Å². The smallest absolute Gasteiger partial charge is 0.226 e. The third-order valence-corrected chi connectivity index (χ3v) is 3.25. The second-order valence-corrected chi connectivity index (χ2v) is 4.54. The third-order valence-electron chi connectivity index (χ3n) is 3.08. The molecule has 0 unspecified atom stereocenters. The lowest BCUT2D eigenvalue weighted by atomic mass is 10.2. The first kappa shape index (κ1) is 9.90. The van der Waals surface area contributed by atoms with Gasteiger partial charge in [0.15, 0.2) is 0 Å². The average molecular weight is 237 g/mol. The lowest BCUT2D eigenvalue weighted by Crippen LogP contribution is -2.15. The van der Waals surface area contributed by atoms with Crippen molar-refractivity contribution < 1.29 is 0 Å². The van der Waals surface area contributed by atoms with Gasteiger partial charge in [0, 0.05) is 12.2 Å². The van der Waals surface area contributed by atoms with Gasteiger partial charge in [-0.05, 0) is 30.5 Å². The molecule has 1 aliphatic rings. The first-order chi connectivity index (χ1) is 7.83. The van der Waals surface area contributed by atoms with E-state index in [1.807, 2.05) is 12.3 Å². The molecule has 0 bridgehead atoms. The van der Waals surface area contributed by atoms with Crippen molar-refractivity contribution in [3.63, 3.8) is 0 Å². The zero-order valence-corrected chi connectivity index (χ0v) is 9.59. The molecule has 2 heterocycles. The highest BCUT2D eigenvalue weighted by atomic mass is 35.5. The van der Waals surface area contributed by atoms with E-state index >= 15 is 0 Å². The molecule has 1 saturated carbocycles. The number of aromatic nitrogens is 3. The molecule has 4 nitrogen and oxygen atoms in total. The van der Waals surface area contributed by atoms with Gasteiger partial charge in [-0.2, -0.15) is 4.98 Å². The number of H-pyrrole nitrogens is 1. The van der Waals surface area contributed by atoms with Crippen molar-refractivity contribution in [1.82, 2.24) is 15.0 Å². The summed E-state index contributed by atoms with van der Waals surface area (Å²) >= 11 is 5.88. The molecule has 2 N–H and O–H groups in total. The van der Waals surface area contributed by atoms with Crippen LogP contribution in [0.25, 0.3) is 11.0 Å². The normalized spacial score (nSPS) is 17.1. The standard InChI is InChI=1S/C11H13ClN4/c12-11-15-9-8(5-6-13-9)10(16-11)14-7-3-1-2-4-7/h5-7H,1-4H2,(H2,13,14,15,16). The van der Waals surface area contributed by atoms with E-state index < -0.39 is 0 Å². The molecule has 84 valence electrons. The molecule has 3 rings (SSSR count). The molecule has 0 aromatic carbocycles. The Morgan fingerprint density at radius 2 is 2.12 bits per heavy atom. The van der Waals surface area contributed by atoms with E-state index in [-0.39, 0.29) is 5.28 Å². The highest BCUT2D eigenvalue weighted by molar-refractivity contribution is 6.28. The number of nitrogens with zero attached hydrogens (tertiary/aromatic N) is 2. The number of fused-ring (bicyclic) bond motifs is 1. The van der Waals surface area contributed by atoms with Gasteiger partial charge in [-0.1, -0.05) is 12.8 Å². The summed E-state index contributed by atoms with van der Waals surface area (Å²) in [5.74, 6) is 0.850. The van der Waals surface area contributed by atoms with Crippen molar-refractivity contribution in [3.8, 4) is 0 Å². The maximum Gasteiger partial charge on any atom is 0.226 e. The number of anilines is 1. The highest BCUT2D eigenvalue weighted by Crippen LogP contribution is 2.26. The van der Waals surface area contributed by atoms with Crippen LogP contribution in [-0.4, -0.2) is 21.0 Å². The molecule has 1 fully saturated rings. The van der Waals surface area contributed by atoms with Gasteiger partial charge in [-0.15, -0.1) is 0 Å². The Kier molecular flexibility index (Phi) is 2.44. The quantitative estimate of drug-likeness (QED) is 0.789. The molecular weight excluding hydrogens is 224 g/mol. The minimum atomic E-state index is 0.287. The Labute approximate surface area is 98.4 Å². The van der Waals surface area contributed by atoms with Crippen LogP contribution < -0.4 is 5.32 Å². The Morgan fingerprint density at radius 1 is 1.31 bits per heavy atom. The Morgan fingerprint density at radius 3 is 2.94 bits per heavy atom. The first-order valence-electron chi connectivity index (χ1n) is 5.60. The summed E-state index contributed by atoms with van der Waals surface area (Å²) in [6, 6.07) is 2.51. The van der Waals surface area contributed by atoms with Crippen LogP contribution >= 0.6 is 11.6 Å². The predicted molar refractivity (Wildman–Crippen MR) is 64.8 cm³/mol. The van der Waals surface area contributed by atoms with Gasteiger partial charge in [-0.25, -0.2) is 4.98 Å². The van der Waals surface area contributed by atoms with Crippen molar-refractivity contribution in [2.45, 2.75) is 31.7 Å². The molecule has 0 spiro atoms. The highest BCUT2D eigenvalue weighted by Gasteiger charge is 2.17. The van der Waals surface area contributed by atoms with Gasteiger partial charge < -0.3 is 10.3 Å². The van der Waals surface area contributed by atoms with E-state index in [9.17, 15) is 0 Å². The maximum absolute atomic E-state index is 5.88. The fourth-order valence-corrected chi connectivity index (χ4v) is 2.46. The van der Waals surface area contributed by atoms with Crippen molar-refractivity contribution in [3.05, 3.63) is 17.5 Å². The number of nitrogens with one attached hydrogen (secondary N) is 2. The number of hydrogen-bond acceptors (Lipinski definition) is 3. The van der Waals surface area contributed by atoms with Crippen LogP contribution in [0.5, 0.6) is 0 Å². The summed E-state index contributed by atoms with van der Waals surface area (Å²) in [7, 11) is 0. The van der Waals surface area contributed by atoms with Crippen LogP contribution in [0, 0.1) is 0 Å². The van der Waals surface area contributed by atoms with Crippen LogP contribution in [0.1, 0.15) is 25.7 Å². The fraction of sp³-hybridized carbons (Fsp3) is 0.455. The van der Waals surface area contributed by atoms with Crippen molar-refractivity contribution in [2.24, 2.45) is 0 Å². The summed E-state index contributed by atoms with van der Waals surface area (Å²) in [5, 5.41) is 4.75. The Hall–Kier alpha value is -1.29. The lowest BCUT2D eigenvalue weighted by molar-refractivity contribution is 0.751. The average Bonchev–Trinajstić information content (AvgIpc) is 2.87. The van der Waals surface area contributed by atoms with Gasteiger partial charge >= 0.3 is 0 Å². The summed E-state index contributed by atoms with van der Waals surface area (Å²) in [6.07, 6.45) is 6.89. The zero-order valence-electron chi connectivity index (χ0n) is 8.83. The Balaban J connectivity index is 1.97. The minimum absolute atomic E-state index is 0.287. The van der Waals surface area contributed by atoms with Crippen LogP contribution in [0.3, 0.4) is 0 Å². The van der Waals surface area contributed by atoms with Gasteiger partial charge in [0.2, 0.25) is 5.28 Å². The van der Waals surface area contributed by atoms with Crippen molar-refractivity contribution >= 4 is 28.5 Å². The molecule has 0 amide bonds. The Bertz CT molecular complexity index is 502. The van der Waals surface area contributed by atoms with Gasteiger partial charge in [-0.3, -0.25) is 0 Å². The van der Waals surface area contributed by atoms with Crippen LogP contribution in [-0.2, 0) is 0 Å². The minimum Gasteiger partial charge on any atom is -0.367 e. The van der Waals surface area contributed by atoms with E-state index in [1.165, 1.54) is 25.7 Å². The number of hydrogen-bond donors (Lipinski definition) is 2. The van der Waals surface area contributed by atoms with E-state index in [0.29, 0.717) is 6.04 Å². The molecule has 2 aromatic heterocycles. The molecule has 16 heavy (non-hydrogen) atoms. The van der Waals surface area contributed by atoms with E-state index in [1.54, 1.807) is 0 Å². The third kappa shape index (κ3) is 1.73. The fourth-order valence-electron chi connectivity index (χ4n) is 2.29. The lowest BCUT2D eigenvalue weighted by Gasteiger charge is -2.13. The van der Waals surface area contributed by atoms with Crippen LogP contribution in [0.15, 0.2) is 12.3 Å². The second-order valence-electron chi connectivity index (χ2n) is 4.21. The molecule has 0 atom stereocenters. The summed E-state index contributed by atoms with van der Waals surface area (Å²) < 4.78 is 0. The SMILES string of the molecule is Clc1nc(NC2CCCC2)c2cc[nH]c2n1. The molecule has 1 aliphatic carbocycles. The number of rotatable bonds is 2. The van der Waals surface area contributed by atoms with Gasteiger partial charge in [0.1, 0.15) is 11.5 Å². The predicted octanol–water partition coefficient (Wildman–Crippen LogP) is 2.97. The summed E-state index contributed by atoms with van der Waals surface area (Å²) in [5.41, 5.74) is 0.792. The second kappa shape index (κ2) is 3.94. The topological polar surface area (TPSA) is 53.6 Å². The largest absolute Gasteiger partial charge is 0.367 e. The van der Waals surface area contributed by atoms with Crippen molar-refractivity contribution in [2.75, 3.05) is 5.32 Å². The first-order valence-corrected chi connectivity index (χ1v) is 5.98. The molecular formula is C11H13ClN4. The summed E-state index contributed by atoms with van der Waals surface area (Å²) in [6.45, 7) is 0. The number of aromatic amines is 1.